The highest BCUT2D eigenvalue weighted by atomic mass is 35.5. The summed E-state index contributed by atoms with van der Waals surface area (Å²) in [6.45, 7) is 0.962. The Morgan fingerprint density at radius 3 is 2.90 bits per heavy atom. The van der Waals surface area contributed by atoms with Crippen LogP contribution in [-0.4, -0.2) is 42.9 Å². The Morgan fingerprint density at radius 2 is 2.15 bits per heavy atom. The molecular weight excluding hydrogens is 282 g/mol. The second kappa shape index (κ2) is 6.81. The minimum absolute atomic E-state index is 0.103. The number of hydrogen-bond donors (Lipinski definition) is 1. The summed E-state index contributed by atoms with van der Waals surface area (Å²) in [7, 11) is 1.75. The Kier molecular flexibility index (Phi) is 5.09. The number of amides is 1. The van der Waals surface area contributed by atoms with Gasteiger partial charge in [0.2, 0.25) is 6.79 Å². The number of carbonyl (C=O) groups is 1. The van der Waals surface area contributed by atoms with Crippen molar-refractivity contribution in [2.75, 3.05) is 27.0 Å². The molecule has 0 aliphatic carbocycles. The number of fused-ring (bicyclic) bond motifs is 1. The Balaban J connectivity index is 2.00. The van der Waals surface area contributed by atoms with Crippen molar-refractivity contribution in [2.24, 2.45) is 0 Å². The average Bonchev–Trinajstić information content (AvgIpc) is 2.91. The van der Waals surface area contributed by atoms with Crippen LogP contribution < -0.4 is 9.47 Å². The first-order valence-electron chi connectivity index (χ1n) is 6.59. The zero-order chi connectivity index (χ0) is 14.5. The molecule has 0 spiro atoms. The summed E-state index contributed by atoms with van der Waals surface area (Å²) in [5.41, 5.74) is 0.490. The van der Waals surface area contributed by atoms with Crippen LogP contribution in [0.5, 0.6) is 11.5 Å². The lowest BCUT2D eigenvalue weighted by molar-refractivity contribution is 0.0791. The molecule has 0 atom stereocenters. The lowest BCUT2D eigenvalue weighted by Crippen LogP contribution is -2.27. The number of aliphatic hydroxyl groups is 1. The molecule has 5 nitrogen and oxygen atoms in total. The molecule has 0 unspecified atom stereocenters. The van der Waals surface area contributed by atoms with E-state index in [1.807, 2.05) is 0 Å². The fraction of sp³-hybridized carbons (Fsp3) is 0.500. The van der Waals surface area contributed by atoms with Crippen LogP contribution in [0.1, 0.15) is 29.6 Å². The van der Waals surface area contributed by atoms with Crippen LogP contribution in [0.25, 0.3) is 0 Å². The Labute approximate surface area is 123 Å². The standard InChI is InChI=1S/C14H18ClNO4/c1-16(5-3-2-4-6-17)14(18)10-7-11(15)13-12(8-10)19-9-20-13/h7-8,17H,2-6,9H2,1H3. The molecule has 0 saturated heterocycles. The molecule has 0 aromatic heterocycles. The van der Waals surface area contributed by atoms with Gasteiger partial charge in [-0.05, 0) is 31.4 Å². The molecule has 20 heavy (non-hydrogen) atoms. The van der Waals surface area contributed by atoms with Gasteiger partial charge in [-0.15, -0.1) is 0 Å². The van der Waals surface area contributed by atoms with E-state index < -0.39 is 0 Å². The number of nitrogens with zero attached hydrogens (tertiary/aromatic N) is 1. The molecule has 1 heterocycles. The number of rotatable bonds is 6. The van der Waals surface area contributed by atoms with Gasteiger partial charge in [0.15, 0.2) is 11.5 Å². The molecule has 1 amide bonds. The van der Waals surface area contributed by atoms with Crippen molar-refractivity contribution in [1.29, 1.82) is 0 Å². The third-order valence-corrected chi connectivity index (χ3v) is 3.45. The fourth-order valence-corrected chi connectivity index (χ4v) is 2.32. The van der Waals surface area contributed by atoms with E-state index in [2.05, 4.69) is 0 Å². The van der Waals surface area contributed by atoms with Crippen LogP contribution in [0, 0.1) is 0 Å². The maximum Gasteiger partial charge on any atom is 0.253 e. The van der Waals surface area contributed by atoms with Crippen LogP contribution in [0.2, 0.25) is 5.02 Å². The van der Waals surface area contributed by atoms with Gasteiger partial charge in [0.05, 0.1) is 5.02 Å². The number of benzene rings is 1. The second-order valence-electron chi connectivity index (χ2n) is 4.70. The monoisotopic (exact) mass is 299 g/mol. The highest BCUT2D eigenvalue weighted by Crippen LogP contribution is 2.39. The van der Waals surface area contributed by atoms with E-state index >= 15 is 0 Å². The van der Waals surface area contributed by atoms with Crippen molar-refractivity contribution < 1.29 is 19.4 Å². The number of aliphatic hydroxyl groups excluding tert-OH is 1. The molecule has 1 aromatic carbocycles. The first kappa shape index (κ1) is 14.9. The van der Waals surface area contributed by atoms with Gasteiger partial charge >= 0.3 is 0 Å². The van der Waals surface area contributed by atoms with Crippen molar-refractivity contribution in [3.63, 3.8) is 0 Å². The first-order valence-corrected chi connectivity index (χ1v) is 6.96. The molecule has 6 heteroatoms. The highest BCUT2D eigenvalue weighted by Gasteiger charge is 2.21. The predicted octanol–water partition coefficient (Wildman–Crippen LogP) is 2.30. The molecule has 2 rings (SSSR count). The van der Waals surface area contributed by atoms with Gasteiger partial charge in [0, 0.05) is 25.8 Å². The van der Waals surface area contributed by atoms with Crippen molar-refractivity contribution in [1.82, 2.24) is 4.90 Å². The average molecular weight is 300 g/mol. The minimum atomic E-state index is -0.103. The summed E-state index contributed by atoms with van der Waals surface area (Å²) < 4.78 is 10.5. The third kappa shape index (κ3) is 3.35. The minimum Gasteiger partial charge on any atom is -0.454 e. The maximum atomic E-state index is 12.3. The third-order valence-electron chi connectivity index (χ3n) is 3.17. The maximum absolute atomic E-state index is 12.3. The molecular formula is C14H18ClNO4. The molecule has 0 fully saturated rings. The summed E-state index contributed by atoms with van der Waals surface area (Å²) in [4.78, 5) is 13.9. The molecule has 1 aliphatic rings. The smallest absolute Gasteiger partial charge is 0.253 e. The first-order chi connectivity index (χ1) is 9.63. The van der Waals surface area contributed by atoms with E-state index in [9.17, 15) is 4.79 Å². The van der Waals surface area contributed by atoms with Gasteiger partial charge in [-0.3, -0.25) is 4.79 Å². The lowest BCUT2D eigenvalue weighted by Gasteiger charge is -2.17. The number of ether oxygens (including phenoxy) is 2. The molecule has 110 valence electrons. The summed E-state index contributed by atoms with van der Waals surface area (Å²) in [6.07, 6.45) is 2.52. The van der Waals surface area contributed by atoms with Gasteiger partial charge in [-0.1, -0.05) is 11.6 Å². The SMILES string of the molecule is CN(CCCCCO)C(=O)c1cc(Cl)c2c(c1)OCO2. The molecule has 0 saturated carbocycles. The van der Waals surface area contributed by atoms with Crippen LogP contribution >= 0.6 is 11.6 Å². The zero-order valence-electron chi connectivity index (χ0n) is 11.4. The van der Waals surface area contributed by atoms with E-state index in [0.29, 0.717) is 28.6 Å². The Hall–Kier alpha value is -1.46. The topological polar surface area (TPSA) is 59.0 Å². The molecule has 0 radical (unpaired) electrons. The van der Waals surface area contributed by atoms with E-state index in [0.717, 1.165) is 19.3 Å². The highest BCUT2D eigenvalue weighted by molar-refractivity contribution is 6.32. The van der Waals surface area contributed by atoms with Gasteiger partial charge < -0.3 is 19.5 Å². The fourth-order valence-electron chi connectivity index (χ4n) is 2.05. The normalized spacial score (nSPS) is 12.6. The van der Waals surface area contributed by atoms with Crippen molar-refractivity contribution in [2.45, 2.75) is 19.3 Å². The van der Waals surface area contributed by atoms with E-state index in [-0.39, 0.29) is 19.3 Å². The lowest BCUT2D eigenvalue weighted by atomic mass is 10.1. The van der Waals surface area contributed by atoms with Gasteiger partial charge in [0.1, 0.15) is 0 Å². The number of carbonyl (C=O) groups excluding carboxylic acids is 1. The van der Waals surface area contributed by atoms with Crippen LogP contribution in [0.15, 0.2) is 12.1 Å². The van der Waals surface area contributed by atoms with Gasteiger partial charge in [-0.25, -0.2) is 0 Å². The summed E-state index contributed by atoms with van der Waals surface area (Å²) in [5.74, 6) is 0.901. The Bertz CT molecular complexity index is 492. The molecule has 0 bridgehead atoms. The van der Waals surface area contributed by atoms with Crippen LogP contribution in [0.4, 0.5) is 0 Å². The van der Waals surface area contributed by atoms with Crippen LogP contribution in [-0.2, 0) is 0 Å². The van der Waals surface area contributed by atoms with Crippen molar-refractivity contribution in [3.8, 4) is 11.5 Å². The van der Waals surface area contributed by atoms with E-state index in [1.54, 1.807) is 24.1 Å². The molecule has 1 N–H and O–H groups in total. The van der Waals surface area contributed by atoms with Crippen LogP contribution in [0.3, 0.4) is 0 Å². The largest absolute Gasteiger partial charge is 0.454 e. The molecule has 1 aromatic rings. The Morgan fingerprint density at radius 1 is 1.35 bits per heavy atom. The molecule has 1 aliphatic heterocycles. The summed E-state index contributed by atoms with van der Waals surface area (Å²) in [5, 5.41) is 9.10. The van der Waals surface area contributed by atoms with Gasteiger partial charge in [0.25, 0.3) is 5.91 Å². The van der Waals surface area contributed by atoms with Crippen molar-refractivity contribution in [3.05, 3.63) is 22.7 Å². The summed E-state index contributed by atoms with van der Waals surface area (Å²) in [6, 6.07) is 3.25. The van der Waals surface area contributed by atoms with Crippen molar-refractivity contribution >= 4 is 17.5 Å². The second-order valence-corrected chi connectivity index (χ2v) is 5.11. The number of hydrogen-bond acceptors (Lipinski definition) is 4. The van der Waals surface area contributed by atoms with E-state index in [1.165, 1.54) is 0 Å². The quantitative estimate of drug-likeness (QED) is 0.819. The zero-order valence-corrected chi connectivity index (χ0v) is 12.2. The van der Waals surface area contributed by atoms with E-state index in [4.69, 9.17) is 26.2 Å². The summed E-state index contributed by atoms with van der Waals surface area (Å²) >= 11 is 6.07. The van der Waals surface area contributed by atoms with Gasteiger partial charge in [-0.2, -0.15) is 0 Å². The predicted molar refractivity (Wildman–Crippen MR) is 75.5 cm³/mol. The number of halogens is 1. The number of unbranched alkanes of at least 4 members (excludes halogenated alkanes) is 2.